The van der Waals surface area contributed by atoms with E-state index in [1.54, 1.807) is 22.7 Å². The molecule has 2 atom stereocenters. The predicted octanol–water partition coefficient (Wildman–Crippen LogP) is 0.565. The molecule has 172 valence electrons. The molecule has 8 heteroatoms. The Morgan fingerprint density at radius 1 is 1.13 bits per heavy atom. The van der Waals surface area contributed by atoms with Gasteiger partial charge in [0.05, 0.1) is 29.5 Å². The van der Waals surface area contributed by atoms with Crippen molar-refractivity contribution in [3.63, 3.8) is 0 Å². The second-order valence-corrected chi connectivity index (χ2v) is 9.41. The first-order valence-corrected chi connectivity index (χ1v) is 12.8. The van der Waals surface area contributed by atoms with E-state index in [9.17, 15) is 4.79 Å². The number of hydrogen-bond donors (Lipinski definition) is 1. The van der Waals surface area contributed by atoms with Crippen LogP contribution in [0.25, 0.3) is 0 Å². The van der Waals surface area contributed by atoms with Gasteiger partial charge in [-0.1, -0.05) is 19.0 Å². The normalized spacial score (nSPS) is 18.2. The van der Waals surface area contributed by atoms with Crippen molar-refractivity contribution in [2.45, 2.75) is 46.5 Å². The number of oxime groups is 1. The number of thiophene rings is 2. The molecular weight excluding hydrogens is 452 g/mol. The minimum atomic E-state index is -0.0505. The first kappa shape index (κ1) is 25.8. The van der Waals surface area contributed by atoms with Crippen LogP contribution in [0.4, 0.5) is 0 Å². The molecule has 1 aliphatic heterocycles. The standard InChI is InChI=1S/C23H32N2O3S2.ClH/c1-4-17-9-14-29-21(17)20(22-18(5-2)10-15-30-22)24-28-13-12-25-11-7-8-19(16-25)23(26)27-6-3;/h9-10,14-15,19H,4-8,11-13,16H2,1-3H3;1H/t19-;/m1./s1. The van der Waals surface area contributed by atoms with Crippen molar-refractivity contribution in [2.24, 2.45) is 11.1 Å². The number of piperidine rings is 1. The average molecular weight is 485 g/mol. The van der Waals surface area contributed by atoms with Gasteiger partial charge in [0.1, 0.15) is 18.2 Å². The first-order chi connectivity index (χ1) is 14.7. The molecule has 2 aromatic heterocycles. The van der Waals surface area contributed by atoms with E-state index in [0.717, 1.165) is 51.0 Å². The number of nitrogens with zero attached hydrogens (tertiary/aromatic N) is 1. The van der Waals surface area contributed by atoms with Crippen LogP contribution in [0.1, 0.15) is 54.5 Å². The van der Waals surface area contributed by atoms with Crippen molar-refractivity contribution in [3.05, 3.63) is 43.8 Å². The molecule has 0 bridgehead atoms. The summed E-state index contributed by atoms with van der Waals surface area (Å²) in [5.41, 5.74) is 3.60. The van der Waals surface area contributed by atoms with E-state index in [-0.39, 0.29) is 24.3 Å². The molecule has 0 spiro atoms. The molecule has 31 heavy (non-hydrogen) atoms. The maximum atomic E-state index is 12.1. The van der Waals surface area contributed by atoms with Crippen molar-refractivity contribution < 1.29 is 31.7 Å². The Labute approximate surface area is 199 Å². The summed E-state index contributed by atoms with van der Waals surface area (Å²) < 4.78 is 5.21. The lowest BCUT2D eigenvalue weighted by atomic mass is 9.98. The molecule has 0 amide bonds. The number of likely N-dealkylation sites (tertiary alicyclic amines) is 1. The summed E-state index contributed by atoms with van der Waals surface area (Å²) in [6, 6.07) is 4.37. The zero-order valence-electron chi connectivity index (χ0n) is 18.6. The molecule has 1 saturated heterocycles. The topological polar surface area (TPSA) is 52.3 Å². The highest BCUT2D eigenvalue weighted by Crippen LogP contribution is 2.27. The number of halogens is 1. The summed E-state index contributed by atoms with van der Waals surface area (Å²) in [5.74, 6) is -0.0327. The summed E-state index contributed by atoms with van der Waals surface area (Å²) in [4.78, 5) is 21.7. The number of esters is 1. The lowest BCUT2D eigenvalue weighted by Crippen LogP contribution is -3.14. The molecule has 1 N–H and O–H groups in total. The fourth-order valence-corrected chi connectivity index (χ4v) is 6.00. The van der Waals surface area contributed by atoms with E-state index < -0.39 is 0 Å². The van der Waals surface area contributed by atoms with Gasteiger partial charge in [-0.05, 0) is 66.6 Å². The lowest BCUT2D eigenvalue weighted by Gasteiger charge is -2.28. The third kappa shape index (κ3) is 6.78. The van der Waals surface area contributed by atoms with Crippen LogP contribution in [-0.4, -0.2) is 44.5 Å². The van der Waals surface area contributed by atoms with E-state index in [2.05, 4.69) is 41.9 Å². The average Bonchev–Trinajstić information content (AvgIpc) is 3.43. The zero-order valence-corrected chi connectivity index (χ0v) is 21.0. The van der Waals surface area contributed by atoms with Gasteiger partial charge in [0.2, 0.25) is 0 Å². The van der Waals surface area contributed by atoms with Crippen LogP contribution >= 0.6 is 22.7 Å². The third-order valence-corrected chi connectivity index (χ3v) is 7.55. The molecule has 3 heterocycles. The summed E-state index contributed by atoms with van der Waals surface area (Å²) >= 11 is 3.47. The first-order valence-electron chi connectivity index (χ1n) is 11.0. The SMILES string of the molecule is CCOC(=O)[C@@H]1CCC[NH+](CCON=C(c2sccc2CC)c2sccc2CC)C1.[Cl-]. The van der Waals surface area contributed by atoms with E-state index in [0.29, 0.717) is 13.2 Å². The smallest absolute Gasteiger partial charge is 0.314 e. The van der Waals surface area contributed by atoms with Gasteiger partial charge in [0.15, 0.2) is 6.61 Å². The number of quaternary nitrogens is 1. The number of nitrogens with one attached hydrogen (secondary N) is 1. The van der Waals surface area contributed by atoms with Gasteiger partial charge in [0, 0.05) is 0 Å². The van der Waals surface area contributed by atoms with Crippen molar-refractivity contribution >= 4 is 34.4 Å². The second-order valence-electron chi connectivity index (χ2n) is 7.58. The minimum Gasteiger partial charge on any atom is -1.00 e. The summed E-state index contributed by atoms with van der Waals surface area (Å²) in [6.45, 7) is 9.98. The summed E-state index contributed by atoms with van der Waals surface area (Å²) in [7, 11) is 0. The van der Waals surface area contributed by atoms with Crippen molar-refractivity contribution in [3.8, 4) is 0 Å². The Morgan fingerprint density at radius 2 is 1.77 bits per heavy atom. The highest BCUT2D eigenvalue weighted by molar-refractivity contribution is 7.16. The summed E-state index contributed by atoms with van der Waals surface area (Å²) in [5, 5.41) is 8.90. The molecule has 5 nitrogen and oxygen atoms in total. The van der Waals surface area contributed by atoms with E-state index in [4.69, 9.17) is 9.57 Å². The van der Waals surface area contributed by atoms with Gasteiger partial charge < -0.3 is 26.9 Å². The molecule has 2 aromatic rings. The Bertz CT molecular complexity index is 805. The van der Waals surface area contributed by atoms with Gasteiger partial charge in [-0.3, -0.25) is 4.79 Å². The molecule has 0 saturated carbocycles. The Balaban J connectivity index is 0.00000341. The second kappa shape index (κ2) is 13.2. The quantitative estimate of drug-likeness (QED) is 0.232. The highest BCUT2D eigenvalue weighted by atomic mass is 35.5. The maximum Gasteiger partial charge on any atom is 0.314 e. The minimum absolute atomic E-state index is 0. The largest absolute Gasteiger partial charge is 1.00 e. The molecular formula is C23H33ClN2O3S2. The van der Waals surface area contributed by atoms with Crippen LogP contribution in [0.2, 0.25) is 0 Å². The van der Waals surface area contributed by atoms with Crippen LogP contribution in [0.15, 0.2) is 28.0 Å². The molecule has 0 radical (unpaired) electrons. The summed E-state index contributed by atoms with van der Waals surface area (Å²) in [6.07, 6.45) is 3.95. The lowest BCUT2D eigenvalue weighted by molar-refractivity contribution is -0.908. The molecule has 1 unspecified atom stereocenters. The van der Waals surface area contributed by atoms with Gasteiger partial charge in [0.25, 0.3) is 0 Å². The molecule has 3 rings (SSSR count). The molecule has 0 aromatic carbocycles. The highest BCUT2D eigenvalue weighted by Gasteiger charge is 2.29. The maximum absolute atomic E-state index is 12.1. The molecule has 0 aliphatic carbocycles. The third-order valence-electron chi connectivity index (χ3n) is 5.63. The Kier molecular flexibility index (Phi) is 11.0. The van der Waals surface area contributed by atoms with Crippen molar-refractivity contribution in [1.82, 2.24) is 0 Å². The van der Waals surface area contributed by atoms with Gasteiger partial charge in [-0.2, -0.15) is 0 Å². The van der Waals surface area contributed by atoms with E-state index >= 15 is 0 Å². The predicted molar refractivity (Wildman–Crippen MR) is 124 cm³/mol. The number of hydrogen-bond acceptors (Lipinski definition) is 6. The van der Waals surface area contributed by atoms with Gasteiger partial charge in [-0.25, -0.2) is 0 Å². The number of ether oxygens (including phenoxy) is 1. The molecule has 1 fully saturated rings. The van der Waals surface area contributed by atoms with Crippen molar-refractivity contribution in [1.29, 1.82) is 0 Å². The fraction of sp³-hybridized carbons (Fsp3) is 0.565. The number of aryl methyl sites for hydroxylation is 2. The van der Waals surface area contributed by atoms with Crippen LogP contribution in [0.3, 0.4) is 0 Å². The van der Waals surface area contributed by atoms with Gasteiger partial charge >= 0.3 is 5.97 Å². The fourth-order valence-electron chi connectivity index (χ4n) is 3.97. The van der Waals surface area contributed by atoms with E-state index in [1.807, 2.05) is 6.92 Å². The van der Waals surface area contributed by atoms with E-state index in [1.165, 1.54) is 25.8 Å². The van der Waals surface area contributed by atoms with Crippen LogP contribution in [0, 0.1) is 5.92 Å². The Morgan fingerprint density at radius 3 is 2.35 bits per heavy atom. The van der Waals surface area contributed by atoms with Crippen molar-refractivity contribution in [2.75, 3.05) is 32.8 Å². The monoisotopic (exact) mass is 484 g/mol. The van der Waals surface area contributed by atoms with Crippen LogP contribution < -0.4 is 17.3 Å². The van der Waals surface area contributed by atoms with Crippen LogP contribution in [0.5, 0.6) is 0 Å². The Hall–Kier alpha value is -1.41. The number of rotatable bonds is 10. The number of carbonyl (C=O) groups is 1. The zero-order chi connectivity index (χ0) is 21.3. The number of carbonyl (C=O) groups excluding carboxylic acids is 1. The molecule has 1 aliphatic rings. The van der Waals surface area contributed by atoms with Crippen LogP contribution in [-0.2, 0) is 27.2 Å². The van der Waals surface area contributed by atoms with Gasteiger partial charge in [-0.15, -0.1) is 22.7 Å².